The van der Waals surface area contributed by atoms with E-state index in [-0.39, 0.29) is 11.4 Å². The molecule has 0 aromatic heterocycles. The van der Waals surface area contributed by atoms with E-state index in [0.29, 0.717) is 4.90 Å². The van der Waals surface area contributed by atoms with E-state index in [9.17, 15) is 49.2 Å². The zero-order valence-corrected chi connectivity index (χ0v) is 21.3. The minimum absolute atomic E-state index is 0.00956. The molecule has 14 heteroatoms. The molecule has 4 aromatic rings. The Bertz CT molecular complexity index is 1630. The van der Waals surface area contributed by atoms with Gasteiger partial charge < -0.3 is 12.9 Å². The predicted molar refractivity (Wildman–Crippen MR) is 138 cm³/mol. The summed E-state index contributed by atoms with van der Waals surface area (Å²) in [6, 6.07) is 24.6. The molecular formula is C27H16BF8NO3S. The van der Waals surface area contributed by atoms with Crippen molar-refractivity contribution in [1.29, 1.82) is 0 Å². The average molecular weight is 597 g/mol. The number of rotatable bonds is 5. The highest BCUT2D eigenvalue weighted by Gasteiger charge is 2.38. The number of nitro groups is 1. The van der Waals surface area contributed by atoms with Crippen LogP contribution in [0.15, 0.2) is 89.8 Å². The zero-order valence-electron chi connectivity index (χ0n) is 20.5. The topological polar surface area (TPSA) is 60.2 Å². The molecule has 0 spiro atoms. The number of benzene rings is 4. The number of non-ortho nitro benzene ring substituents is 1. The van der Waals surface area contributed by atoms with Crippen molar-refractivity contribution in [2.75, 3.05) is 0 Å². The van der Waals surface area contributed by atoms with Gasteiger partial charge >= 0.3 is 6.98 Å². The van der Waals surface area contributed by atoms with Crippen molar-refractivity contribution >= 4 is 28.1 Å². The lowest BCUT2D eigenvalue weighted by Gasteiger charge is -2.17. The van der Waals surface area contributed by atoms with Gasteiger partial charge in [0, 0.05) is 23.3 Å². The third kappa shape index (κ3) is 7.58. The molecule has 0 N–H and O–H groups in total. The lowest BCUT2D eigenvalue weighted by atomic mass is 9.79. The Morgan fingerprint density at radius 1 is 0.707 bits per heavy atom. The molecule has 212 valence electrons. The van der Waals surface area contributed by atoms with Crippen LogP contribution in [0.5, 0.6) is 0 Å². The van der Waals surface area contributed by atoms with E-state index in [1.165, 1.54) is 12.1 Å². The van der Waals surface area contributed by atoms with Gasteiger partial charge in [-0.15, -0.1) is 0 Å². The van der Waals surface area contributed by atoms with Gasteiger partial charge in [0.25, 0.3) is 5.69 Å². The number of nitrogens with zero attached hydrogens (tertiary/aromatic N) is 1. The fourth-order valence-electron chi connectivity index (χ4n) is 3.34. The van der Waals surface area contributed by atoms with Crippen molar-refractivity contribution in [1.82, 2.24) is 0 Å². The van der Waals surface area contributed by atoms with E-state index in [4.69, 9.17) is 0 Å². The predicted octanol–water partition coefficient (Wildman–Crippen LogP) is 7.10. The van der Waals surface area contributed by atoms with Crippen LogP contribution in [0.4, 0.5) is 40.6 Å². The first-order chi connectivity index (χ1) is 19.2. The van der Waals surface area contributed by atoms with Crippen molar-refractivity contribution < 1.29 is 44.0 Å². The van der Waals surface area contributed by atoms with Crippen molar-refractivity contribution in [3.63, 3.8) is 0 Å². The van der Waals surface area contributed by atoms with Gasteiger partial charge in [0.1, 0.15) is 11.6 Å². The summed E-state index contributed by atoms with van der Waals surface area (Å²) in [6.45, 7) is -6.30. The van der Waals surface area contributed by atoms with Crippen LogP contribution in [0, 0.1) is 50.4 Å². The van der Waals surface area contributed by atoms with Crippen LogP contribution in [-0.4, -0.2) is 11.9 Å². The van der Waals surface area contributed by atoms with Crippen molar-refractivity contribution in [3.8, 4) is 11.2 Å². The Morgan fingerprint density at radius 3 is 1.63 bits per heavy atom. The largest absolute Gasteiger partial charge is 0.515 e. The number of hydrogen-bond donors (Lipinski definition) is 0. The summed E-state index contributed by atoms with van der Waals surface area (Å²) in [6.07, 6.45) is 0. The molecule has 0 aliphatic rings. The molecule has 0 amide bonds. The number of nitro benzene ring substituents is 1. The highest BCUT2D eigenvalue weighted by atomic mass is 32.2. The second kappa shape index (κ2) is 12.8. The first-order valence-electron chi connectivity index (χ1n) is 11.3. The van der Waals surface area contributed by atoms with Gasteiger partial charge in [-0.25, -0.2) is 22.0 Å². The molecule has 0 aliphatic carbocycles. The highest BCUT2D eigenvalue weighted by molar-refractivity contribution is 8.06. The second-order valence-electron chi connectivity index (χ2n) is 8.21. The van der Waals surface area contributed by atoms with Crippen LogP contribution in [0.3, 0.4) is 0 Å². The van der Waals surface area contributed by atoms with Gasteiger partial charge in [0.15, 0.2) is 43.3 Å². The molecule has 4 aromatic carbocycles. The monoisotopic (exact) mass is 597 g/mol. The molecule has 0 saturated heterocycles. The van der Waals surface area contributed by atoms with Gasteiger partial charge in [-0.1, -0.05) is 40.6 Å². The highest BCUT2D eigenvalue weighted by Crippen LogP contribution is 2.25. The molecule has 1 unspecified atom stereocenters. The molecule has 0 radical (unpaired) electrons. The third-order valence-electron chi connectivity index (χ3n) is 5.35. The van der Waals surface area contributed by atoms with Crippen LogP contribution in [0.25, 0.3) is 0 Å². The molecular weight excluding hydrogens is 581 g/mol. The third-order valence-corrected chi connectivity index (χ3v) is 7.55. The minimum Gasteiger partial charge on any atom is -0.445 e. The van der Waals surface area contributed by atoms with Crippen molar-refractivity contribution in [3.05, 3.63) is 135 Å². The number of halogens is 8. The molecule has 4 rings (SSSR count). The van der Waals surface area contributed by atoms with Gasteiger partial charge in [0.05, 0.1) is 4.92 Å². The Hall–Kier alpha value is -4.51. The second-order valence-corrected chi connectivity index (χ2v) is 10.5. The summed E-state index contributed by atoms with van der Waals surface area (Å²) in [7, 11) is -2.68. The first kappa shape index (κ1) is 31.0. The Morgan fingerprint density at radius 2 is 1.17 bits per heavy atom. The standard InChI is InChI=1S/C21H16NO3S.C6BF8/c23-22(24)20-13-11-19(12-14-20)17-26(25,21-9-5-2-6-10-21)16-15-18-7-3-1-4-8-18;8-2-1(7(13,14)15)3(9)5(11)6(12)4(2)10/h1-14H,17H2;/q+1;-1. The van der Waals surface area contributed by atoms with Gasteiger partial charge in [-0.3, -0.25) is 10.1 Å². The number of hydrogen-bond acceptors (Lipinski definition) is 3. The summed E-state index contributed by atoms with van der Waals surface area (Å²) in [4.78, 5) is 11.0. The van der Waals surface area contributed by atoms with Gasteiger partial charge in [-0.05, 0) is 47.8 Å². The SMILES string of the molecule is Fc1c(F)c(F)c([B-](F)(F)F)c(F)c1F.O=[N+]([O-])c1ccc(C[S+](=O)(C#Cc2ccccc2)c2ccccc2)cc1. The Balaban J connectivity index is 0.000000263. The van der Waals surface area contributed by atoms with Crippen molar-refractivity contribution in [2.45, 2.75) is 10.6 Å². The quantitative estimate of drug-likeness (QED) is 0.0361. The summed E-state index contributed by atoms with van der Waals surface area (Å²) >= 11 is 0. The molecule has 0 saturated carbocycles. The van der Waals surface area contributed by atoms with Crippen LogP contribution in [0.2, 0.25) is 0 Å². The molecule has 0 heterocycles. The van der Waals surface area contributed by atoms with E-state index in [2.05, 4.69) is 11.2 Å². The maximum absolute atomic E-state index is 13.6. The van der Waals surface area contributed by atoms with Crippen LogP contribution in [-0.2, 0) is 19.9 Å². The fourth-order valence-corrected chi connectivity index (χ4v) is 5.24. The molecule has 41 heavy (non-hydrogen) atoms. The summed E-state index contributed by atoms with van der Waals surface area (Å²) in [5.41, 5.74) is -1.19. The molecule has 0 bridgehead atoms. The van der Waals surface area contributed by atoms with Crippen molar-refractivity contribution in [2.24, 2.45) is 0 Å². The lowest BCUT2D eigenvalue weighted by Crippen LogP contribution is -2.41. The average Bonchev–Trinajstić information content (AvgIpc) is 2.95. The molecule has 4 nitrogen and oxygen atoms in total. The van der Waals surface area contributed by atoms with Gasteiger partial charge in [-0.2, -0.15) is 0 Å². The fraction of sp³-hybridized carbons (Fsp3) is 0.0370. The maximum atomic E-state index is 13.6. The first-order valence-corrected chi connectivity index (χ1v) is 13.1. The van der Waals surface area contributed by atoms with E-state index in [1.54, 1.807) is 24.3 Å². The molecule has 1 atom stereocenters. The summed E-state index contributed by atoms with van der Waals surface area (Å²) in [5, 5.41) is 13.8. The zero-order chi connectivity index (χ0) is 30.4. The maximum Gasteiger partial charge on any atom is 0.515 e. The molecule has 0 fully saturated rings. The molecule has 0 aliphatic heterocycles. The van der Waals surface area contributed by atoms with Gasteiger partial charge in [0.2, 0.25) is 0 Å². The van der Waals surface area contributed by atoms with E-state index < -0.39 is 56.4 Å². The van der Waals surface area contributed by atoms with E-state index in [1.807, 2.05) is 48.5 Å². The Kier molecular flexibility index (Phi) is 9.67. The minimum atomic E-state index is -6.30. The normalized spacial score (nSPS) is 12.3. The van der Waals surface area contributed by atoms with E-state index in [0.717, 1.165) is 11.1 Å². The van der Waals surface area contributed by atoms with E-state index >= 15 is 0 Å². The summed E-state index contributed by atoms with van der Waals surface area (Å²) < 4.78 is 111. The van der Waals surface area contributed by atoms with Crippen LogP contribution < -0.4 is 5.46 Å². The lowest BCUT2D eigenvalue weighted by molar-refractivity contribution is -0.384. The van der Waals surface area contributed by atoms with Crippen LogP contribution >= 0.6 is 0 Å². The smallest absolute Gasteiger partial charge is 0.445 e. The Labute approximate surface area is 229 Å². The van der Waals surface area contributed by atoms with Crippen LogP contribution in [0.1, 0.15) is 11.1 Å². The summed E-state index contributed by atoms with van der Waals surface area (Å²) in [5.74, 6) is -10.4.